The number of nitrogens with one attached hydrogen (secondary N) is 1. The van der Waals surface area contributed by atoms with Gasteiger partial charge in [-0.05, 0) is 73.9 Å². The average Bonchev–Trinajstić information content (AvgIpc) is 2.90. The number of nitrogens with zero attached hydrogens (tertiary/aromatic N) is 2. The second-order valence-corrected chi connectivity index (χ2v) is 13.0. The van der Waals surface area contributed by atoms with Gasteiger partial charge in [-0.1, -0.05) is 72.4 Å². The molecule has 2 amide bonds. The molecule has 0 bridgehead atoms. The topological polar surface area (TPSA) is 86.8 Å². The van der Waals surface area contributed by atoms with Gasteiger partial charge < -0.3 is 10.2 Å². The monoisotopic (exact) mass is 623 g/mol. The van der Waals surface area contributed by atoms with Crippen molar-refractivity contribution in [2.24, 2.45) is 5.92 Å². The Balaban J connectivity index is 2.03. The van der Waals surface area contributed by atoms with Gasteiger partial charge in [-0.15, -0.1) is 0 Å². The molecule has 7 nitrogen and oxygen atoms in total. The third kappa shape index (κ3) is 8.13. The van der Waals surface area contributed by atoms with Gasteiger partial charge in [0.15, 0.2) is 0 Å². The quantitative estimate of drug-likeness (QED) is 0.270. The lowest BCUT2D eigenvalue weighted by molar-refractivity contribution is -0.139. The highest BCUT2D eigenvalue weighted by molar-refractivity contribution is 7.92. The number of carbonyl (C=O) groups is 2. The number of anilines is 1. The maximum absolute atomic E-state index is 13.9. The molecule has 214 valence electrons. The third-order valence-electron chi connectivity index (χ3n) is 6.21. The van der Waals surface area contributed by atoms with E-state index in [1.807, 2.05) is 20.8 Å². The highest BCUT2D eigenvalue weighted by Gasteiger charge is 2.32. The van der Waals surface area contributed by atoms with Gasteiger partial charge in [0.1, 0.15) is 12.6 Å². The summed E-state index contributed by atoms with van der Waals surface area (Å²) in [6, 6.07) is 16.4. The lowest BCUT2D eigenvalue weighted by Crippen LogP contribution is -2.51. The maximum Gasteiger partial charge on any atom is 0.264 e. The molecule has 0 heterocycles. The molecule has 3 aromatic carbocycles. The van der Waals surface area contributed by atoms with Crippen molar-refractivity contribution in [3.8, 4) is 0 Å². The number of sulfonamides is 1. The second-order valence-electron chi connectivity index (χ2n) is 9.87. The van der Waals surface area contributed by atoms with Crippen LogP contribution >= 0.6 is 34.8 Å². The Labute approximate surface area is 251 Å². The molecule has 0 saturated heterocycles. The molecule has 1 unspecified atom stereocenters. The zero-order chi connectivity index (χ0) is 29.6. The first-order valence-corrected chi connectivity index (χ1v) is 15.2. The summed E-state index contributed by atoms with van der Waals surface area (Å²) in [5, 5.41) is 3.98. The first-order valence-electron chi connectivity index (χ1n) is 12.7. The number of amides is 2. The summed E-state index contributed by atoms with van der Waals surface area (Å²) in [5.41, 5.74) is 1.79. The zero-order valence-electron chi connectivity index (χ0n) is 22.7. The summed E-state index contributed by atoms with van der Waals surface area (Å²) >= 11 is 18.4. The Bertz CT molecular complexity index is 1450. The molecule has 40 heavy (non-hydrogen) atoms. The molecule has 0 aliphatic carbocycles. The number of carbonyl (C=O) groups excluding carboxylic acids is 2. The molecule has 0 aliphatic rings. The number of benzene rings is 3. The van der Waals surface area contributed by atoms with E-state index < -0.39 is 28.5 Å². The van der Waals surface area contributed by atoms with E-state index in [2.05, 4.69) is 5.32 Å². The number of rotatable bonds is 11. The summed E-state index contributed by atoms with van der Waals surface area (Å²) < 4.78 is 28.7. The van der Waals surface area contributed by atoms with Crippen molar-refractivity contribution >= 4 is 62.3 Å². The average molecular weight is 625 g/mol. The van der Waals surface area contributed by atoms with E-state index >= 15 is 0 Å². The fraction of sp³-hybridized carbons (Fsp3) is 0.310. The van der Waals surface area contributed by atoms with Gasteiger partial charge in [0.05, 0.1) is 10.6 Å². The lowest BCUT2D eigenvalue weighted by Gasteiger charge is -2.32. The number of hydrogen-bond donors (Lipinski definition) is 1. The largest absolute Gasteiger partial charge is 0.354 e. The Morgan fingerprint density at radius 2 is 1.48 bits per heavy atom. The molecular weight excluding hydrogens is 593 g/mol. The van der Waals surface area contributed by atoms with E-state index in [-0.39, 0.29) is 23.3 Å². The molecule has 11 heteroatoms. The van der Waals surface area contributed by atoms with Crippen LogP contribution in [0.2, 0.25) is 15.1 Å². The Morgan fingerprint density at radius 3 is 2.05 bits per heavy atom. The van der Waals surface area contributed by atoms with Gasteiger partial charge in [0, 0.05) is 28.2 Å². The lowest BCUT2D eigenvalue weighted by atomic mass is 10.1. The smallest absolute Gasteiger partial charge is 0.264 e. The summed E-state index contributed by atoms with van der Waals surface area (Å²) in [4.78, 5) is 28.3. The Hall–Kier alpha value is -2.78. The van der Waals surface area contributed by atoms with Gasteiger partial charge in [0.2, 0.25) is 11.8 Å². The van der Waals surface area contributed by atoms with Crippen molar-refractivity contribution in [2.45, 2.75) is 45.2 Å². The summed E-state index contributed by atoms with van der Waals surface area (Å²) in [7, 11) is -4.18. The van der Waals surface area contributed by atoms with Gasteiger partial charge in [-0.2, -0.15) is 0 Å². The highest BCUT2D eigenvalue weighted by Crippen LogP contribution is 2.27. The van der Waals surface area contributed by atoms with Crippen LogP contribution in [-0.2, 0) is 26.2 Å². The molecular formula is C29H32Cl3N3O4S. The number of aryl methyl sites for hydroxylation is 1. The van der Waals surface area contributed by atoms with E-state index in [9.17, 15) is 18.0 Å². The van der Waals surface area contributed by atoms with Gasteiger partial charge >= 0.3 is 0 Å². The fourth-order valence-electron chi connectivity index (χ4n) is 3.84. The van der Waals surface area contributed by atoms with E-state index in [1.165, 1.54) is 29.2 Å². The molecule has 0 spiro atoms. The molecule has 0 aromatic heterocycles. The van der Waals surface area contributed by atoms with Crippen LogP contribution in [0.25, 0.3) is 0 Å². The Kier molecular flexibility index (Phi) is 10.9. The number of hydrogen-bond acceptors (Lipinski definition) is 4. The summed E-state index contributed by atoms with van der Waals surface area (Å²) in [6.07, 6.45) is 0. The number of halogens is 3. The van der Waals surface area contributed by atoms with Crippen LogP contribution in [-0.4, -0.2) is 44.3 Å². The van der Waals surface area contributed by atoms with Gasteiger partial charge in [0.25, 0.3) is 10.0 Å². The van der Waals surface area contributed by atoms with Crippen LogP contribution < -0.4 is 9.62 Å². The van der Waals surface area contributed by atoms with E-state index in [1.54, 1.807) is 49.4 Å². The zero-order valence-corrected chi connectivity index (χ0v) is 25.8. The molecule has 3 rings (SSSR count). The SMILES string of the molecule is Cc1ccc(N(CC(=O)N(Cc2ccc(Cl)cc2Cl)C(C)C(=O)NCC(C)C)S(=O)(=O)c2ccc(Cl)cc2)cc1. The van der Waals surface area contributed by atoms with Crippen LogP contribution in [0, 0.1) is 12.8 Å². The van der Waals surface area contributed by atoms with E-state index in [0.717, 1.165) is 9.87 Å². The van der Waals surface area contributed by atoms with Crippen molar-refractivity contribution in [1.82, 2.24) is 10.2 Å². The standard InChI is InChI=1S/C29H32Cl3N3O4S/c1-19(2)16-33-29(37)21(4)34(17-22-7-8-24(31)15-27(22)32)28(36)18-35(25-11-5-20(3)6-12-25)40(38,39)26-13-9-23(30)10-14-26/h5-15,19,21H,16-18H2,1-4H3,(H,33,37). The third-order valence-corrected chi connectivity index (χ3v) is 8.84. The minimum absolute atomic E-state index is 0.0275. The predicted molar refractivity (Wildman–Crippen MR) is 161 cm³/mol. The van der Waals surface area contributed by atoms with Crippen LogP contribution in [0.4, 0.5) is 5.69 Å². The normalized spacial score (nSPS) is 12.2. The highest BCUT2D eigenvalue weighted by atomic mass is 35.5. The minimum Gasteiger partial charge on any atom is -0.354 e. The van der Waals surface area contributed by atoms with Crippen LogP contribution in [0.5, 0.6) is 0 Å². The van der Waals surface area contributed by atoms with Gasteiger partial charge in [-0.3, -0.25) is 13.9 Å². The molecule has 0 saturated carbocycles. The molecule has 3 aromatic rings. The molecule has 1 N–H and O–H groups in total. The second kappa shape index (κ2) is 13.7. The van der Waals surface area contributed by atoms with Crippen molar-refractivity contribution in [1.29, 1.82) is 0 Å². The first kappa shape index (κ1) is 31.7. The molecule has 0 aliphatic heterocycles. The fourth-order valence-corrected chi connectivity index (χ4v) is 5.85. The van der Waals surface area contributed by atoms with Crippen molar-refractivity contribution in [3.63, 3.8) is 0 Å². The maximum atomic E-state index is 13.9. The van der Waals surface area contributed by atoms with Crippen molar-refractivity contribution in [3.05, 3.63) is 92.9 Å². The van der Waals surface area contributed by atoms with Crippen molar-refractivity contribution < 1.29 is 18.0 Å². The van der Waals surface area contributed by atoms with E-state index in [0.29, 0.717) is 32.9 Å². The van der Waals surface area contributed by atoms with Crippen molar-refractivity contribution in [2.75, 3.05) is 17.4 Å². The van der Waals surface area contributed by atoms with Crippen LogP contribution in [0.3, 0.4) is 0 Å². The van der Waals surface area contributed by atoms with Gasteiger partial charge in [-0.25, -0.2) is 8.42 Å². The molecule has 0 fully saturated rings. The Morgan fingerprint density at radius 1 is 0.875 bits per heavy atom. The first-order chi connectivity index (χ1) is 18.8. The summed E-state index contributed by atoms with van der Waals surface area (Å²) in [5.74, 6) is -0.751. The predicted octanol–water partition coefficient (Wildman–Crippen LogP) is 6.34. The summed E-state index contributed by atoms with van der Waals surface area (Å²) in [6.45, 7) is 7.23. The van der Waals surface area contributed by atoms with E-state index in [4.69, 9.17) is 34.8 Å². The molecule has 1 atom stereocenters. The van der Waals surface area contributed by atoms with Crippen LogP contribution in [0.15, 0.2) is 71.6 Å². The minimum atomic E-state index is -4.18. The molecule has 0 radical (unpaired) electrons. The van der Waals surface area contributed by atoms with Crippen LogP contribution in [0.1, 0.15) is 31.9 Å².